The maximum Gasteiger partial charge on any atom is 0.242 e. The lowest BCUT2D eigenvalue weighted by Gasteiger charge is -2.36. The van der Waals surface area contributed by atoms with E-state index in [-0.39, 0.29) is 17.0 Å². The Morgan fingerprint density at radius 3 is 2.14 bits per heavy atom. The van der Waals surface area contributed by atoms with Crippen molar-refractivity contribution in [2.45, 2.75) is 42.7 Å². The lowest BCUT2D eigenvalue weighted by atomic mass is 9.91. The van der Waals surface area contributed by atoms with Crippen LogP contribution in [0.15, 0.2) is 29.2 Å². The maximum absolute atomic E-state index is 12.0. The average molecular weight is 312 g/mol. The Bertz CT molecular complexity index is 569. The fourth-order valence-electron chi connectivity index (χ4n) is 2.80. The van der Waals surface area contributed by atoms with Crippen molar-refractivity contribution in [3.8, 4) is 0 Å². The molecule has 6 heteroatoms. The third-order valence-corrected chi connectivity index (χ3v) is 6.04. The lowest BCUT2D eigenvalue weighted by Crippen LogP contribution is -2.43. The molecule has 1 aliphatic carbocycles. The van der Waals surface area contributed by atoms with Crippen molar-refractivity contribution in [3.63, 3.8) is 0 Å². The average Bonchev–Trinajstić information content (AvgIpc) is 2.47. The van der Waals surface area contributed by atoms with E-state index < -0.39 is 10.0 Å². The van der Waals surface area contributed by atoms with Gasteiger partial charge in [0.2, 0.25) is 10.0 Å². The highest BCUT2D eigenvalue weighted by Gasteiger charge is 2.27. The maximum atomic E-state index is 12.0. The van der Waals surface area contributed by atoms with E-state index in [4.69, 9.17) is 0 Å². The number of anilines is 1. The first kappa shape index (κ1) is 16.3. The highest BCUT2D eigenvalue weighted by molar-refractivity contribution is 7.89. The monoisotopic (exact) mass is 312 g/mol. The van der Waals surface area contributed by atoms with Gasteiger partial charge in [-0.05, 0) is 37.1 Å². The number of rotatable bonds is 4. The van der Waals surface area contributed by atoms with Gasteiger partial charge in [0.1, 0.15) is 0 Å². The van der Waals surface area contributed by atoms with Gasteiger partial charge in [0.25, 0.3) is 0 Å². The van der Waals surface area contributed by atoms with Crippen LogP contribution < -0.4 is 4.90 Å². The van der Waals surface area contributed by atoms with Gasteiger partial charge in [0.05, 0.1) is 17.0 Å². The molecule has 2 unspecified atom stereocenters. The molecule has 0 saturated heterocycles. The quantitative estimate of drug-likeness (QED) is 0.919. The number of hydrogen-bond acceptors (Lipinski definition) is 4. The molecular weight excluding hydrogens is 288 g/mol. The van der Waals surface area contributed by atoms with Crippen LogP contribution in [0, 0.1) is 0 Å². The molecule has 0 aromatic heterocycles. The van der Waals surface area contributed by atoms with E-state index in [0.717, 1.165) is 31.4 Å². The Hall–Kier alpha value is -1.11. The zero-order valence-electron chi connectivity index (χ0n) is 12.9. The van der Waals surface area contributed by atoms with Crippen LogP contribution in [0.3, 0.4) is 0 Å². The zero-order valence-corrected chi connectivity index (χ0v) is 13.7. The molecule has 1 aromatic rings. The summed E-state index contributed by atoms with van der Waals surface area (Å²) in [5.74, 6) is 0. The number of nitrogens with zero attached hydrogens (tertiary/aromatic N) is 2. The van der Waals surface area contributed by atoms with Gasteiger partial charge >= 0.3 is 0 Å². The van der Waals surface area contributed by atoms with Crippen LogP contribution in [-0.2, 0) is 10.0 Å². The van der Waals surface area contributed by atoms with Gasteiger partial charge in [0, 0.05) is 26.8 Å². The van der Waals surface area contributed by atoms with E-state index in [1.165, 1.54) is 18.4 Å². The van der Waals surface area contributed by atoms with E-state index in [1.54, 1.807) is 24.3 Å². The standard InChI is InChI=1S/C15H24N2O3S/c1-16(2)21(19,20)13-10-8-12(9-11-13)17(3)14-6-4-5-7-15(14)18/h8-11,14-15,18H,4-7H2,1-3H3. The zero-order chi connectivity index (χ0) is 15.6. The van der Waals surface area contributed by atoms with Crippen molar-refractivity contribution in [1.82, 2.24) is 4.31 Å². The van der Waals surface area contributed by atoms with Gasteiger partial charge in [-0.2, -0.15) is 0 Å². The molecule has 0 amide bonds. The smallest absolute Gasteiger partial charge is 0.242 e. The SMILES string of the molecule is CN(c1ccc(S(=O)(=O)N(C)C)cc1)C1CCCCC1O. The number of likely N-dealkylation sites (N-methyl/N-ethyl adjacent to an activating group) is 1. The molecule has 0 radical (unpaired) electrons. The van der Waals surface area contributed by atoms with Gasteiger partial charge in [-0.15, -0.1) is 0 Å². The second-order valence-corrected chi connectivity index (χ2v) is 7.96. The van der Waals surface area contributed by atoms with Crippen molar-refractivity contribution in [3.05, 3.63) is 24.3 Å². The fourth-order valence-corrected chi connectivity index (χ4v) is 3.70. The van der Waals surface area contributed by atoms with Crippen molar-refractivity contribution in [2.75, 3.05) is 26.0 Å². The number of aliphatic hydroxyl groups excluding tert-OH is 1. The molecule has 0 bridgehead atoms. The van der Waals surface area contributed by atoms with E-state index in [9.17, 15) is 13.5 Å². The van der Waals surface area contributed by atoms with E-state index in [0.29, 0.717) is 0 Å². The number of aliphatic hydroxyl groups is 1. The molecule has 2 atom stereocenters. The molecule has 1 saturated carbocycles. The molecular formula is C15H24N2O3S. The van der Waals surface area contributed by atoms with Crippen LogP contribution in [0.5, 0.6) is 0 Å². The summed E-state index contributed by atoms with van der Waals surface area (Å²) < 4.78 is 25.3. The Kier molecular flexibility index (Phi) is 4.91. The predicted molar refractivity (Wildman–Crippen MR) is 84.0 cm³/mol. The van der Waals surface area contributed by atoms with E-state index >= 15 is 0 Å². The summed E-state index contributed by atoms with van der Waals surface area (Å²) in [6, 6.07) is 6.96. The summed E-state index contributed by atoms with van der Waals surface area (Å²) in [6.45, 7) is 0. The van der Waals surface area contributed by atoms with Gasteiger partial charge in [-0.1, -0.05) is 12.8 Å². The van der Waals surface area contributed by atoms with Crippen LogP contribution in [0.2, 0.25) is 0 Å². The normalized spacial score (nSPS) is 23.3. The highest BCUT2D eigenvalue weighted by atomic mass is 32.2. The van der Waals surface area contributed by atoms with Crippen molar-refractivity contribution in [1.29, 1.82) is 0 Å². The van der Waals surface area contributed by atoms with Gasteiger partial charge in [0.15, 0.2) is 0 Å². The topological polar surface area (TPSA) is 60.9 Å². The van der Waals surface area contributed by atoms with Crippen LogP contribution in [0.4, 0.5) is 5.69 Å². The Morgan fingerprint density at radius 2 is 1.62 bits per heavy atom. The minimum absolute atomic E-state index is 0.107. The molecule has 118 valence electrons. The second-order valence-electron chi connectivity index (χ2n) is 5.81. The number of benzene rings is 1. The number of hydrogen-bond donors (Lipinski definition) is 1. The first-order valence-electron chi connectivity index (χ1n) is 7.27. The predicted octanol–water partition coefficient (Wildman–Crippen LogP) is 1.68. The first-order valence-corrected chi connectivity index (χ1v) is 8.71. The summed E-state index contributed by atoms with van der Waals surface area (Å²) in [5, 5.41) is 10.1. The molecule has 2 rings (SSSR count). The summed E-state index contributed by atoms with van der Waals surface area (Å²) in [6.07, 6.45) is 3.69. The van der Waals surface area contributed by atoms with Crippen LogP contribution in [0.1, 0.15) is 25.7 Å². The Balaban J connectivity index is 2.19. The van der Waals surface area contributed by atoms with Gasteiger partial charge in [-0.25, -0.2) is 12.7 Å². The lowest BCUT2D eigenvalue weighted by molar-refractivity contribution is 0.106. The fraction of sp³-hybridized carbons (Fsp3) is 0.600. The van der Waals surface area contributed by atoms with Gasteiger partial charge < -0.3 is 10.0 Å². The van der Waals surface area contributed by atoms with Crippen molar-refractivity contribution < 1.29 is 13.5 Å². The third kappa shape index (κ3) is 3.39. The Morgan fingerprint density at radius 1 is 1.05 bits per heavy atom. The molecule has 21 heavy (non-hydrogen) atoms. The molecule has 1 aromatic carbocycles. The first-order chi connectivity index (χ1) is 9.84. The summed E-state index contributed by atoms with van der Waals surface area (Å²) in [7, 11) is 1.61. The summed E-state index contributed by atoms with van der Waals surface area (Å²) >= 11 is 0. The molecule has 1 fully saturated rings. The van der Waals surface area contributed by atoms with Gasteiger partial charge in [-0.3, -0.25) is 0 Å². The largest absolute Gasteiger partial charge is 0.391 e. The molecule has 1 aliphatic rings. The summed E-state index contributed by atoms with van der Waals surface area (Å²) in [5.41, 5.74) is 0.929. The highest BCUT2D eigenvalue weighted by Crippen LogP contribution is 2.27. The molecule has 5 nitrogen and oxygen atoms in total. The minimum atomic E-state index is -3.39. The minimum Gasteiger partial charge on any atom is -0.391 e. The second kappa shape index (κ2) is 6.34. The third-order valence-electron chi connectivity index (χ3n) is 4.21. The molecule has 0 aliphatic heterocycles. The van der Waals surface area contributed by atoms with E-state index in [2.05, 4.69) is 4.90 Å². The molecule has 0 spiro atoms. The number of sulfonamides is 1. The Labute approximate surface area is 127 Å². The van der Waals surface area contributed by atoms with Crippen LogP contribution in [0.25, 0.3) is 0 Å². The van der Waals surface area contributed by atoms with Crippen molar-refractivity contribution in [2.24, 2.45) is 0 Å². The molecule has 1 N–H and O–H groups in total. The summed E-state index contributed by atoms with van der Waals surface area (Å²) in [4.78, 5) is 2.34. The molecule has 0 heterocycles. The van der Waals surface area contributed by atoms with Crippen LogP contribution in [-0.4, -0.2) is 51.1 Å². The van der Waals surface area contributed by atoms with Crippen molar-refractivity contribution >= 4 is 15.7 Å². The van der Waals surface area contributed by atoms with E-state index in [1.807, 2.05) is 7.05 Å². The van der Waals surface area contributed by atoms with Crippen LogP contribution >= 0.6 is 0 Å².